The molecule has 4 atom stereocenters. The highest BCUT2D eigenvalue weighted by atomic mass is 16.5. The van der Waals surface area contributed by atoms with Crippen molar-refractivity contribution in [2.75, 3.05) is 33.9 Å². The summed E-state index contributed by atoms with van der Waals surface area (Å²) >= 11 is 0. The first-order chi connectivity index (χ1) is 19.0. The lowest BCUT2D eigenvalue weighted by atomic mass is 9.58. The predicted octanol–water partition coefficient (Wildman–Crippen LogP) is 7.38. The van der Waals surface area contributed by atoms with Gasteiger partial charge in [0.2, 0.25) is 0 Å². The van der Waals surface area contributed by atoms with Gasteiger partial charge in [-0.25, -0.2) is 0 Å². The number of hydrogen-bond acceptors (Lipinski definition) is 5. The molecular formula is C34H53NO4. The molecule has 3 aliphatic rings. The topological polar surface area (TPSA) is 51.2 Å². The van der Waals surface area contributed by atoms with E-state index in [9.17, 15) is 5.11 Å². The number of piperidine rings is 1. The molecule has 3 unspecified atom stereocenters. The third-order valence-corrected chi connectivity index (χ3v) is 8.80. The minimum atomic E-state index is -0.0646. The van der Waals surface area contributed by atoms with E-state index in [1.54, 1.807) is 20.3 Å². The van der Waals surface area contributed by atoms with E-state index in [1.807, 2.05) is 44.2 Å². The molecule has 2 aliphatic heterocycles. The predicted molar refractivity (Wildman–Crippen MR) is 161 cm³/mol. The zero-order valence-corrected chi connectivity index (χ0v) is 25.5. The monoisotopic (exact) mass is 539 g/mol. The van der Waals surface area contributed by atoms with Crippen LogP contribution < -0.4 is 4.74 Å². The second-order valence-corrected chi connectivity index (χ2v) is 11.1. The molecule has 1 aliphatic carbocycles. The highest BCUT2D eigenvalue weighted by Crippen LogP contribution is 2.58. The Morgan fingerprint density at radius 3 is 2.33 bits per heavy atom. The average Bonchev–Trinajstić information content (AvgIpc) is 3.73. The van der Waals surface area contributed by atoms with E-state index in [1.165, 1.54) is 48.9 Å². The summed E-state index contributed by atoms with van der Waals surface area (Å²) in [6.45, 7) is 14.6. The van der Waals surface area contributed by atoms with Gasteiger partial charge in [0.05, 0.1) is 13.2 Å². The lowest BCUT2D eigenvalue weighted by molar-refractivity contribution is -0.0408. The number of nitrogens with zero attached hydrogens (tertiary/aromatic N) is 1. The Bertz CT molecular complexity index is 992. The fourth-order valence-electron chi connectivity index (χ4n) is 6.83. The first kappa shape index (κ1) is 31.4. The van der Waals surface area contributed by atoms with Gasteiger partial charge in [-0.1, -0.05) is 70.5 Å². The quantitative estimate of drug-likeness (QED) is 0.360. The van der Waals surface area contributed by atoms with Gasteiger partial charge in [-0.2, -0.15) is 0 Å². The van der Waals surface area contributed by atoms with Crippen molar-refractivity contribution in [3.05, 3.63) is 59.2 Å². The number of rotatable bonds is 9. The number of phenolic OH excluding ortho intramolecular Hbond substituents is 1. The molecule has 2 fully saturated rings. The molecule has 1 saturated heterocycles. The van der Waals surface area contributed by atoms with Crippen LogP contribution in [-0.2, 0) is 27.9 Å². The lowest BCUT2D eigenvalue weighted by Gasteiger charge is -2.52. The van der Waals surface area contributed by atoms with E-state index in [0.29, 0.717) is 25.2 Å². The molecule has 0 radical (unpaired) electrons. The summed E-state index contributed by atoms with van der Waals surface area (Å²) < 4.78 is 17.0. The van der Waals surface area contributed by atoms with Crippen LogP contribution >= 0.6 is 0 Å². The minimum Gasteiger partial charge on any atom is -0.504 e. The van der Waals surface area contributed by atoms with Gasteiger partial charge in [-0.05, 0) is 74.6 Å². The molecule has 1 saturated carbocycles. The standard InChI is InChI=1S/C24H37NO3.C8H10O.C2H6/c1-5-7-19-16(3)25(14-17-8-9-17)13-12-24(19)21(15-27-4)28-23-20(26)11-10-18(6-2)22(23)24;1-9-7-8-5-3-2-4-6-8;1-2/h10-11,16-17,19,21,26H,5-9,12-15H2,1-4H3;2-6H,7H2,1H3;1-2H3/t16?,19?,21-,24?;;/m0../s1. The van der Waals surface area contributed by atoms with Gasteiger partial charge in [-0.15, -0.1) is 0 Å². The fourth-order valence-corrected chi connectivity index (χ4v) is 6.83. The van der Waals surface area contributed by atoms with Crippen LogP contribution in [0.25, 0.3) is 0 Å². The number of methoxy groups -OCH3 is 2. The summed E-state index contributed by atoms with van der Waals surface area (Å²) in [5.41, 5.74) is 3.77. The number of phenols is 1. The Labute approximate surface area is 237 Å². The molecule has 0 aromatic heterocycles. The fraction of sp³-hybridized carbons (Fsp3) is 0.647. The van der Waals surface area contributed by atoms with Crippen molar-refractivity contribution in [3.8, 4) is 11.5 Å². The second kappa shape index (κ2) is 15.1. The summed E-state index contributed by atoms with van der Waals surface area (Å²) in [6, 6.07) is 14.5. The van der Waals surface area contributed by atoms with Crippen LogP contribution in [0, 0.1) is 11.8 Å². The van der Waals surface area contributed by atoms with Crippen molar-refractivity contribution in [3.63, 3.8) is 0 Å². The van der Waals surface area contributed by atoms with Crippen molar-refractivity contribution in [1.29, 1.82) is 0 Å². The van der Waals surface area contributed by atoms with Crippen molar-refractivity contribution >= 4 is 0 Å². The molecular weight excluding hydrogens is 486 g/mol. The van der Waals surface area contributed by atoms with E-state index in [0.717, 1.165) is 31.1 Å². The molecule has 218 valence electrons. The first-order valence-electron chi connectivity index (χ1n) is 15.3. The SMILES string of the molecule is CC.CCCC1C(C)N(CC2CC2)CCC12c1c(CC)ccc(O)c1O[C@H]2COC.COCc1ccccc1. The number of ether oxygens (including phenoxy) is 3. The van der Waals surface area contributed by atoms with Crippen molar-refractivity contribution in [2.24, 2.45) is 11.8 Å². The Balaban J connectivity index is 0.000000322. The number of aryl methyl sites for hydroxylation is 1. The van der Waals surface area contributed by atoms with E-state index in [4.69, 9.17) is 14.2 Å². The number of aromatic hydroxyl groups is 1. The van der Waals surface area contributed by atoms with Gasteiger partial charge in [0.15, 0.2) is 11.5 Å². The summed E-state index contributed by atoms with van der Waals surface area (Å²) in [6.07, 6.45) is 7.19. The highest BCUT2D eigenvalue weighted by molar-refractivity contribution is 5.58. The molecule has 2 aromatic rings. The summed E-state index contributed by atoms with van der Waals surface area (Å²) in [7, 11) is 3.47. The van der Waals surface area contributed by atoms with Crippen LogP contribution in [0.1, 0.15) is 83.4 Å². The molecule has 5 nitrogen and oxygen atoms in total. The normalized spacial score (nSPS) is 25.7. The van der Waals surface area contributed by atoms with Crippen molar-refractivity contribution in [2.45, 2.75) is 97.3 Å². The summed E-state index contributed by atoms with van der Waals surface area (Å²) in [4.78, 5) is 2.74. The first-order valence-corrected chi connectivity index (χ1v) is 15.3. The smallest absolute Gasteiger partial charge is 0.165 e. The Morgan fingerprint density at radius 2 is 1.74 bits per heavy atom. The molecule has 0 bridgehead atoms. The van der Waals surface area contributed by atoms with Crippen LogP contribution in [-0.4, -0.2) is 56.1 Å². The molecule has 2 heterocycles. The number of hydrogen-bond donors (Lipinski definition) is 1. The van der Waals surface area contributed by atoms with Crippen molar-refractivity contribution in [1.82, 2.24) is 4.90 Å². The van der Waals surface area contributed by atoms with E-state index >= 15 is 0 Å². The molecule has 39 heavy (non-hydrogen) atoms. The van der Waals surface area contributed by atoms with Gasteiger partial charge < -0.3 is 24.2 Å². The van der Waals surface area contributed by atoms with Crippen LogP contribution in [0.2, 0.25) is 0 Å². The molecule has 5 rings (SSSR count). The summed E-state index contributed by atoms with van der Waals surface area (Å²) in [5.74, 6) is 2.44. The average molecular weight is 540 g/mol. The molecule has 5 heteroatoms. The lowest BCUT2D eigenvalue weighted by Crippen LogP contribution is -2.60. The highest BCUT2D eigenvalue weighted by Gasteiger charge is 2.59. The maximum Gasteiger partial charge on any atom is 0.165 e. The Morgan fingerprint density at radius 1 is 1.03 bits per heavy atom. The van der Waals surface area contributed by atoms with Gasteiger partial charge in [0, 0.05) is 37.8 Å². The molecule has 2 aromatic carbocycles. The minimum absolute atomic E-state index is 0.0202. The second-order valence-electron chi connectivity index (χ2n) is 11.1. The van der Waals surface area contributed by atoms with E-state index in [2.05, 4.69) is 31.7 Å². The maximum absolute atomic E-state index is 10.6. The van der Waals surface area contributed by atoms with Gasteiger partial charge in [0.1, 0.15) is 6.10 Å². The Kier molecular flexibility index (Phi) is 12.1. The van der Waals surface area contributed by atoms with Crippen LogP contribution in [0.15, 0.2) is 42.5 Å². The summed E-state index contributed by atoms with van der Waals surface area (Å²) in [5, 5.41) is 10.6. The zero-order valence-electron chi connectivity index (χ0n) is 25.5. The molecule has 0 amide bonds. The maximum atomic E-state index is 10.6. The van der Waals surface area contributed by atoms with Gasteiger partial charge >= 0.3 is 0 Å². The third kappa shape index (κ3) is 6.99. The van der Waals surface area contributed by atoms with Gasteiger partial charge in [0.25, 0.3) is 0 Å². The van der Waals surface area contributed by atoms with Crippen LogP contribution in [0.5, 0.6) is 11.5 Å². The van der Waals surface area contributed by atoms with E-state index < -0.39 is 0 Å². The molecule has 1 N–H and O–H groups in total. The Hall–Kier alpha value is -2.08. The van der Waals surface area contributed by atoms with Crippen LogP contribution in [0.4, 0.5) is 0 Å². The third-order valence-electron chi connectivity index (χ3n) is 8.80. The number of benzene rings is 2. The van der Waals surface area contributed by atoms with Gasteiger partial charge in [-0.3, -0.25) is 0 Å². The zero-order chi connectivity index (χ0) is 28.4. The molecule has 1 spiro atoms. The van der Waals surface area contributed by atoms with Crippen molar-refractivity contribution < 1.29 is 19.3 Å². The number of likely N-dealkylation sites (tertiary alicyclic amines) is 1. The largest absolute Gasteiger partial charge is 0.504 e. The number of fused-ring (bicyclic) bond motifs is 2. The van der Waals surface area contributed by atoms with Crippen LogP contribution in [0.3, 0.4) is 0 Å². The van der Waals surface area contributed by atoms with E-state index in [-0.39, 0.29) is 17.3 Å².